The highest BCUT2D eigenvalue weighted by atomic mass is 15.4. The number of pyridine rings is 1. The minimum absolute atomic E-state index is 0.898. The van der Waals surface area contributed by atoms with Gasteiger partial charge in [-0.05, 0) is 12.1 Å². The lowest BCUT2D eigenvalue weighted by Gasteiger charge is -2.11. The number of quaternary nitrogens is 1. The van der Waals surface area contributed by atoms with E-state index in [0.717, 1.165) is 24.3 Å². The summed E-state index contributed by atoms with van der Waals surface area (Å²) in [5, 5.41) is 6.29. The van der Waals surface area contributed by atoms with Crippen LogP contribution in [-0.4, -0.2) is 19.8 Å². The first kappa shape index (κ1) is 13.2. The molecule has 0 saturated carbocycles. The number of hydrogen-bond acceptors (Lipinski definition) is 2. The third-order valence-electron chi connectivity index (χ3n) is 2.84. The molecule has 0 saturated heterocycles. The van der Waals surface area contributed by atoms with Crippen LogP contribution in [0.15, 0.2) is 60.0 Å². The fraction of sp³-hybridized carbons (Fsp3) is 0.200. The van der Waals surface area contributed by atoms with Gasteiger partial charge in [0.2, 0.25) is 0 Å². The molecule has 0 fully saturated rings. The fourth-order valence-electron chi connectivity index (χ4n) is 1.75. The molecule has 4 heteroatoms. The summed E-state index contributed by atoms with van der Waals surface area (Å²) >= 11 is 0. The molecule has 0 aliphatic rings. The standard InChI is InChI=1S/C15H19N4/c1-18(15-5-3-2-4-6-15)17-13-14-7-10-19(11-8-14)12-9-16/h2-8,10-11,13H,9,12,16H2,1H3/q+1/p+1. The second-order valence-corrected chi connectivity index (χ2v) is 4.33. The Morgan fingerprint density at radius 2 is 1.84 bits per heavy atom. The molecule has 1 aromatic carbocycles. The van der Waals surface area contributed by atoms with Crippen LogP contribution in [0.1, 0.15) is 5.56 Å². The molecule has 0 aliphatic heterocycles. The number of benzene rings is 1. The molecule has 0 radical (unpaired) electrons. The van der Waals surface area contributed by atoms with Crippen molar-refractivity contribution in [2.75, 3.05) is 18.6 Å². The summed E-state index contributed by atoms with van der Waals surface area (Å²) < 4.78 is 2.12. The molecule has 2 aromatic rings. The number of hydrogen-bond donors (Lipinski definition) is 1. The van der Waals surface area contributed by atoms with Gasteiger partial charge in [-0.2, -0.15) is 9.67 Å². The Labute approximate surface area is 113 Å². The average molecular weight is 256 g/mol. The largest absolute Gasteiger partial charge is 0.352 e. The van der Waals surface area contributed by atoms with E-state index in [-0.39, 0.29) is 0 Å². The van der Waals surface area contributed by atoms with Crippen LogP contribution in [-0.2, 0) is 6.54 Å². The van der Waals surface area contributed by atoms with Crippen LogP contribution in [0, 0.1) is 0 Å². The number of anilines is 1. The fourth-order valence-corrected chi connectivity index (χ4v) is 1.75. The van der Waals surface area contributed by atoms with Crippen molar-refractivity contribution in [3.05, 3.63) is 60.4 Å². The molecule has 3 N–H and O–H groups in total. The number of hydrazone groups is 1. The highest BCUT2D eigenvalue weighted by molar-refractivity contribution is 5.79. The average Bonchev–Trinajstić information content (AvgIpc) is 2.47. The van der Waals surface area contributed by atoms with Crippen molar-refractivity contribution < 1.29 is 10.3 Å². The van der Waals surface area contributed by atoms with E-state index in [4.69, 9.17) is 0 Å². The third kappa shape index (κ3) is 3.89. The normalized spacial score (nSPS) is 10.8. The summed E-state index contributed by atoms with van der Waals surface area (Å²) in [5.74, 6) is 0. The summed E-state index contributed by atoms with van der Waals surface area (Å²) in [4.78, 5) is 0. The van der Waals surface area contributed by atoms with E-state index >= 15 is 0 Å². The van der Waals surface area contributed by atoms with E-state index in [2.05, 4.69) is 39.9 Å². The van der Waals surface area contributed by atoms with Gasteiger partial charge in [0.05, 0.1) is 11.9 Å². The zero-order chi connectivity index (χ0) is 13.5. The Morgan fingerprint density at radius 1 is 1.16 bits per heavy atom. The Kier molecular flexibility index (Phi) is 4.64. The summed E-state index contributed by atoms with van der Waals surface area (Å²) in [5.41, 5.74) is 6.00. The first-order valence-corrected chi connectivity index (χ1v) is 6.41. The second-order valence-electron chi connectivity index (χ2n) is 4.33. The molecule has 1 aromatic heterocycles. The maximum Gasteiger partial charge on any atom is 0.196 e. The number of nitrogens with zero attached hydrogens (tertiary/aromatic N) is 3. The van der Waals surface area contributed by atoms with E-state index in [1.165, 1.54) is 0 Å². The van der Waals surface area contributed by atoms with Crippen molar-refractivity contribution in [2.45, 2.75) is 6.54 Å². The smallest absolute Gasteiger partial charge is 0.196 e. The van der Waals surface area contributed by atoms with Crippen molar-refractivity contribution in [3.63, 3.8) is 0 Å². The minimum atomic E-state index is 0.898. The number of para-hydroxylation sites is 1. The van der Waals surface area contributed by atoms with Crippen LogP contribution >= 0.6 is 0 Å². The van der Waals surface area contributed by atoms with E-state index in [0.29, 0.717) is 0 Å². The van der Waals surface area contributed by atoms with Crippen LogP contribution in [0.5, 0.6) is 0 Å². The van der Waals surface area contributed by atoms with E-state index in [9.17, 15) is 0 Å². The summed E-state index contributed by atoms with van der Waals surface area (Å²) in [7, 11) is 1.94. The Hall–Kier alpha value is -2.20. The quantitative estimate of drug-likeness (QED) is 0.477. The summed E-state index contributed by atoms with van der Waals surface area (Å²) in [6.07, 6.45) is 5.96. The summed E-state index contributed by atoms with van der Waals surface area (Å²) in [6, 6.07) is 14.2. The van der Waals surface area contributed by atoms with Gasteiger partial charge in [-0.15, -0.1) is 0 Å². The molecule has 19 heavy (non-hydrogen) atoms. The minimum Gasteiger partial charge on any atom is -0.352 e. The van der Waals surface area contributed by atoms with Crippen LogP contribution < -0.4 is 15.3 Å². The van der Waals surface area contributed by atoms with Crippen molar-refractivity contribution in [3.8, 4) is 0 Å². The number of rotatable bonds is 5. The van der Waals surface area contributed by atoms with Crippen molar-refractivity contribution in [1.29, 1.82) is 0 Å². The topological polar surface area (TPSA) is 47.1 Å². The van der Waals surface area contributed by atoms with Crippen LogP contribution in [0.2, 0.25) is 0 Å². The third-order valence-corrected chi connectivity index (χ3v) is 2.84. The molecule has 0 spiro atoms. The highest BCUT2D eigenvalue weighted by Gasteiger charge is 1.99. The lowest BCUT2D eigenvalue weighted by atomic mass is 10.3. The zero-order valence-electron chi connectivity index (χ0n) is 11.2. The molecule has 4 nitrogen and oxygen atoms in total. The Balaban J connectivity index is 2.02. The summed E-state index contributed by atoms with van der Waals surface area (Å²) in [6.45, 7) is 1.84. The lowest BCUT2D eigenvalue weighted by Crippen LogP contribution is -2.56. The number of aromatic nitrogens is 1. The van der Waals surface area contributed by atoms with Gasteiger partial charge in [0.25, 0.3) is 0 Å². The Morgan fingerprint density at radius 3 is 2.47 bits per heavy atom. The maximum atomic E-state index is 4.43. The van der Waals surface area contributed by atoms with Crippen LogP contribution in [0.25, 0.3) is 0 Å². The molecule has 0 bridgehead atoms. The molecule has 0 aliphatic carbocycles. The van der Waals surface area contributed by atoms with Crippen LogP contribution in [0.4, 0.5) is 5.69 Å². The van der Waals surface area contributed by atoms with Gasteiger partial charge in [0.1, 0.15) is 6.54 Å². The highest BCUT2D eigenvalue weighted by Crippen LogP contribution is 2.10. The predicted molar refractivity (Wildman–Crippen MR) is 76.8 cm³/mol. The monoisotopic (exact) mass is 256 g/mol. The maximum absolute atomic E-state index is 4.43. The molecule has 0 atom stereocenters. The molecule has 1 heterocycles. The van der Waals surface area contributed by atoms with E-state index in [1.807, 2.05) is 48.6 Å². The van der Waals surface area contributed by atoms with E-state index < -0.39 is 0 Å². The second kappa shape index (κ2) is 6.66. The van der Waals surface area contributed by atoms with Gasteiger partial charge < -0.3 is 5.73 Å². The van der Waals surface area contributed by atoms with Gasteiger partial charge in [-0.3, -0.25) is 5.01 Å². The van der Waals surface area contributed by atoms with Gasteiger partial charge in [-0.1, -0.05) is 18.2 Å². The van der Waals surface area contributed by atoms with Crippen molar-refractivity contribution in [1.82, 2.24) is 0 Å². The molecule has 2 rings (SSSR count). The van der Waals surface area contributed by atoms with Crippen molar-refractivity contribution in [2.24, 2.45) is 5.10 Å². The van der Waals surface area contributed by atoms with E-state index in [1.54, 1.807) is 0 Å². The molecule has 0 amide bonds. The Bertz CT molecular complexity index is 520. The molecular formula is C15H20N4+2. The van der Waals surface area contributed by atoms with Crippen LogP contribution in [0.3, 0.4) is 0 Å². The van der Waals surface area contributed by atoms with Gasteiger partial charge in [0, 0.05) is 24.7 Å². The van der Waals surface area contributed by atoms with Gasteiger partial charge in [-0.25, -0.2) is 0 Å². The SMILES string of the molecule is CN(/N=C\c1cc[n+](CC[NH3+])cc1)c1ccccc1. The molecule has 0 unspecified atom stereocenters. The first-order valence-electron chi connectivity index (χ1n) is 6.41. The predicted octanol–water partition coefficient (Wildman–Crippen LogP) is 0.686. The zero-order valence-corrected chi connectivity index (χ0v) is 11.2. The van der Waals surface area contributed by atoms with Gasteiger partial charge in [0.15, 0.2) is 18.9 Å². The first-order chi connectivity index (χ1) is 9.29. The molecule has 98 valence electrons. The van der Waals surface area contributed by atoms with Crippen molar-refractivity contribution >= 4 is 11.9 Å². The lowest BCUT2D eigenvalue weighted by molar-refractivity contribution is -0.711. The molecular weight excluding hydrogens is 236 g/mol. The van der Waals surface area contributed by atoms with Gasteiger partial charge >= 0.3 is 0 Å².